The van der Waals surface area contributed by atoms with E-state index in [2.05, 4.69) is 11.9 Å². The molecule has 2 rings (SSSR count). The van der Waals surface area contributed by atoms with Gasteiger partial charge in [0.25, 0.3) is 5.91 Å². The molecule has 29 heavy (non-hydrogen) atoms. The van der Waals surface area contributed by atoms with Gasteiger partial charge in [0.1, 0.15) is 17.1 Å². The molecule has 1 unspecified atom stereocenters. The Hall–Kier alpha value is -2.24. The molecule has 0 radical (unpaired) electrons. The number of benzene rings is 1. The Morgan fingerprint density at radius 2 is 2.00 bits per heavy atom. The van der Waals surface area contributed by atoms with E-state index in [0.717, 1.165) is 19.3 Å². The maximum Gasteiger partial charge on any atom is 0.257 e. The number of Topliss-reactive ketones (excluding diaryl/α,β-unsaturated/α-hetero) is 1. The zero-order chi connectivity index (χ0) is 21.6. The van der Waals surface area contributed by atoms with Gasteiger partial charge in [0, 0.05) is 12.8 Å². The van der Waals surface area contributed by atoms with Gasteiger partial charge < -0.3 is 5.73 Å². The number of amides is 1. The first kappa shape index (κ1) is 23.0. The first-order chi connectivity index (χ1) is 13.7. The van der Waals surface area contributed by atoms with Gasteiger partial charge in [-0.05, 0) is 49.3 Å². The molecule has 0 aromatic heterocycles. The number of halogens is 1. The largest absolute Gasteiger partial charge is 0.369 e. The van der Waals surface area contributed by atoms with E-state index in [1.165, 1.54) is 11.0 Å². The zero-order valence-electron chi connectivity index (χ0n) is 18.1. The minimum atomic E-state index is -0.852. The predicted octanol–water partition coefficient (Wildman–Crippen LogP) is 4.37. The molecule has 2 N–H and O–H groups in total. The number of guanidine groups is 1. The van der Waals surface area contributed by atoms with Crippen LogP contribution < -0.4 is 5.73 Å². The Balaban J connectivity index is 1.98. The number of nitrogens with zero attached hydrogens (tertiary/aromatic N) is 2. The van der Waals surface area contributed by atoms with Gasteiger partial charge in [-0.3, -0.25) is 14.5 Å². The van der Waals surface area contributed by atoms with Crippen molar-refractivity contribution in [3.05, 3.63) is 35.1 Å². The van der Waals surface area contributed by atoms with Crippen LogP contribution in [0.5, 0.6) is 0 Å². The SMILES string of the molecule is CCCCCC(=O)CCc1ccc(CN2C(=O)C(C)(CC(C)C)N=C2N)cc1F. The van der Waals surface area contributed by atoms with Gasteiger partial charge in [-0.15, -0.1) is 0 Å². The minimum absolute atomic E-state index is 0.147. The second-order valence-corrected chi connectivity index (χ2v) is 8.65. The Kier molecular flexibility index (Phi) is 7.94. The summed E-state index contributed by atoms with van der Waals surface area (Å²) in [5, 5.41) is 0. The number of aryl methyl sites for hydroxylation is 1. The summed E-state index contributed by atoms with van der Waals surface area (Å²) in [4.78, 5) is 30.5. The van der Waals surface area contributed by atoms with Gasteiger partial charge in [-0.1, -0.05) is 45.7 Å². The molecule has 160 valence electrons. The van der Waals surface area contributed by atoms with Crippen LogP contribution in [-0.4, -0.2) is 28.1 Å². The summed E-state index contributed by atoms with van der Waals surface area (Å²) < 4.78 is 14.5. The van der Waals surface area contributed by atoms with Crippen molar-refractivity contribution in [1.82, 2.24) is 4.90 Å². The van der Waals surface area contributed by atoms with E-state index < -0.39 is 5.54 Å². The summed E-state index contributed by atoms with van der Waals surface area (Å²) >= 11 is 0. The van der Waals surface area contributed by atoms with Crippen LogP contribution in [0.1, 0.15) is 77.3 Å². The fourth-order valence-corrected chi connectivity index (χ4v) is 3.88. The van der Waals surface area contributed by atoms with Gasteiger partial charge in [-0.25, -0.2) is 9.38 Å². The second-order valence-electron chi connectivity index (χ2n) is 8.65. The third-order valence-corrected chi connectivity index (χ3v) is 5.34. The van der Waals surface area contributed by atoms with Gasteiger partial charge in [0.2, 0.25) is 0 Å². The van der Waals surface area contributed by atoms with Crippen LogP contribution in [0.3, 0.4) is 0 Å². The van der Waals surface area contributed by atoms with E-state index in [0.29, 0.717) is 42.7 Å². The molecule has 0 bridgehead atoms. The van der Waals surface area contributed by atoms with E-state index in [4.69, 9.17) is 5.73 Å². The Morgan fingerprint density at radius 1 is 1.28 bits per heavy atom. The third kappa shape index (κ3) is 6.12. The normalized spacial score (nSPS) is 19.2. The summed E-state index contributed by atoms with van der Waals surface area (Å²) in [6.45, 7) is 8.16. The third-order valence-electron chi connectivity index (χ3n) is 5.34. The van der Waals surface area contributed by atoms with Crippen molar-refractivity contribution in [3.8, 4) is 0 Å². The number of hydrogen-bond acceptors (Lipinski definition) is 4. The van der Waals surface area contributed by atoms with Crippen LogP contribution in [0.15, 0.2) is 23.2 Å². The summed E-state index contributed by atoms with van der Waals surface area (Å²) in [5.41, 5.74) is 6.32. The second kappa shape index (κ2) is 9.99. The minimum Gasteiger partial charge on any atom is -0.369 e. The number of nitrogens with two attached hydrogens (primary N) is 1. The highest BCUT2D eigenvalue weighted by Crippen LogP contribution is 2.29. The number of unbranched alkanes of at least 4 members (excludes halogenated alkanes) is 2. The molecule has 1 aromatic rings. The first-order valence-electron chi connectivity index (χ1n) is 10.6. The maximum absolute atomic E-state index is 14.5. The quantitative estimate of drug-likeness (QED) is 0.558. The van der Waals surface area contributed by atoms with Crippen molar-refractivity contribution in [2.75, 3.05) is 0 Å². The molecule has 1 aliphatic heterocycles. The van der Waals surface area contributed by atoms with Gasteiger partial charge in [0.05, 0.1) is 6.54 Å². The Bertz CT molecular complexity index is 775. The standard InChI is InChI=1S/C23H34FN3O2/c1-5-6-7-8-19(28)12-11-18-10-9-17(13-20(18)24)15-27-21(29)23(4,14-16(2)3)26-22(27)25/h9-10,13,16H,5-8,11-12,14-15H2,1-4H3,(H2,25,26). The number of carbonyl (C=O) groups excluding carboxylic acids is 2. The lowest BCUT2D eigenvalue weighted by Crippen LogP contribution is -2.43. The molecule has 1 aliphatic rings. The fourth-order valence-electron chi connectivity index (χ4n) is 3.88. The Labute approximate surface area is 173 Å². The summed E-state index contributed by atoms with van der Waals surface area (Å²) in [5.74, 6) is 0.169. The predicted molar refractivity (Wildman–Crippen MR) is 114 cm³/mol. The van der Waals surface area contributed by atoms with Crippen LogP contribution in [0.2, 0.25) is 0 Å². The fraction of sp³-hybridized carbons (Fsp3) is 0.609. The molecule has 1 aromatic carbocycles. The van der Waals surface area contributed by atoms with Crippen molar-refractivity contribution < 1.29 is 14.0 Å². The van der Waals surface area contributed by atoms with E-state index in [9.17, 15) is 14.0 Å². The lowest BCUT2D eigenvalue weighted by atomic mass is 9.91. The number of rotatable bonds is 11. The van der Waals surface area contributed by atoms with Crippen LogP contribution in [-0.2, 0) is 22.6 Å². The lowest BCUT2D eigenvalue weighted by molar-refractivity contribution is -0.131. The molecule has 0 saturated heterocycles. The monoisotopic (exact) mass is 403 g/mol. The van der Waals surface area contributed by atoms with E-state index in [1.807, 2.05) is 13.8 Å². The average Bonchev–Trinajstić information content (AvgIpc) is 2.83. The molecular weight excluding hydrogens is 369 g/mol. The molecule has 1 heterocycles. The van der Waals surface area contributed by atoms with E-state index >= 15 is 0 Å². The smallest absolute Gasteiger partial charge is 0.257 e. The van der Waals surface area contributed by atoms with Crippen molar-refractivity contribution in [1.29, 1.82) is 0 Å². The summed E-state index contributed by atoms with van der Waals surface area (Å²) in [6.07, 6.45) is 4.97. The molecule has 0 aliphatic carbocycles. The van der Waals surface area contributed by atoms with Crippen LogP contribution in [0, 0.1) is 11.7 Å². The van der Waals surface area contributed by atoms with Gasteiger partial charge >= 0.3 is 0 Å². The molecule has 1 atom stereocenters. The van der Waals surface area contributed by atoms with Crippen molar-refractivity contribution in [2.24, 2.45) is 16.6 Å². The highest BCUT2D eigenvalue weighted by molar-refractivity contribution is 6.06. The number of aliphatic imine (C=N–C) groups is 1. The summed E-state index contributed by atoms with van der Waals surface area (Å²) in [7, 11) is 0. The van der Waals surface area contributed by atoms with E-state index in [1.54, 1.807) is 19.1 Å². The molecule has 6 heteroatoms. The lowest BCUT2D eigenvalue weighted by Gasteiger charge is -2.23. The van der Waals surface area contributed by atoms with E-state index in [-0.39, 0.29) is 30.0 Å². The topological polar surface area (TPSA) is 75.8 Å². The van der Waals surface area contributed by atoms with Gasteiger partial charge in [0.15, 0.2) is 5.96 Å². The van der Waals surface area contributed by atoms with Crippen molar-refractivity contribution >= 4 is 17.6 Å². The van der Waals surface area contributed by atoms with Crippen molar-refractivity contribution in [3.63, 3.8) is 0 Å². The van der Waals surface area contributed by atoms with Crippen LogP contribution in [0.25, 0.3) is 0 Å². The van der Waals surface area contributed by atoms with Gasteiger partial charge in [-0.2, -0.15) is 0 Å². The molecule has 5 nitrogen and oxygen atoms in total. The molecule has 0 fully saturated rings. The number of hydrogen-bond donors (Lipinski definition) is 1. The molecular formula is C23H34FN3O2. The molecule has 0 saturated carbocycles. The highest BCUT2D eigenvalue weighted by Gasteiger charge is 2.44. The zero-order valence-corrected chi connectivity index (χ0v) is 18.1. The summed E-state index contributed by atoms with van der Waals surface area (Å²) in [6, 6.07) is 4.92. The average molecular weight is 404 g/mol. The van der Waals surface area contributed by atoms with Crippen LogP contribution >= 0.6 is 0 Å². The highest BCUT2D eigenvalue weighted by atomic mass is 19.1. The number of ketones is 1. The molecule has 0 spiro atoms. The Morgan fingerprint density at radius 3 is 2.62 bits per heavy atom. The first-order valence-corrected chi connectivity index (χ1v) is 10.6. The molecule has 1 amide bonds. The maximum atomic E-state index is 14.5. The van der Waals surface area contributed by atoms with Crippen LogP contribution in [0.4, 0.5) is 4.39 Å². The number of carbonyl (C=O) groups is 2. The van der Waals surface area contributed by atoms with Crippen molar-refractivity contribution in [2.45, 2.75) is 84.7 Å².